The van der Waals surface area contributed by atoms with E-state index in [1.54, 1.807) is 11.3 Å². The number of rotatable bonds is 2. The highest BCUT2D eigenvalue weighted by atomic mass is 32.1. The highest BCUT2D eigenvalue weighted by Gasteiger charge is 2.26. The summed E-state index contributed by atoms with van der Waals surface area (Å²) in [5.41, 5.74) is 0.984. The summed E-state index contributed by atoms with van der Waals surface area (Å²) in [5.74, 6) is 0. The topological polar surface area (TPSA) is 32.7 Å². The molecule has 2 rings (SSSR count). The molecule has 1 N–H and O–H groups in total. The van der Waals surface area contributed by atoms with Crippen LogP contribution in [0.25, 0.3) is 0 Å². The Hall–Kier alpha value is -0.420. The van der Waals surface area contributed by atoms with E-state index in [-0.39, 0.29) is 6.10 Å². The molecule has 3 nitrogen and oxygen atoms in total. The number of aryl methyl sites for hydroxylation is 1. The van der Waals surface area contributed by atoms with Gasteiger partial charge in [0.2, 0.25) is 0 Å². The average Bonchev–Trinajstić information content (AvgIpc) is 2.64. The summed E-state index contributed by atoms with van der Waals surface area (Å²) in [5, 5.41) is 12.1. The maximum atomic E-state index is 10.1. The highest BCUT2D eigenvalue weighted by Crippen LogP contribution is 2.25. The first kappa shape index (κ1) is 11.1. The van der Waals surface area contributed by atoms with Crippen LogP contribution in [0.2, 0.25) is 0 Å². The number of aliphatic hydroxyl groups is 1. The fraction of sp³-hybridized carbons (Fsp3) is 0.636. The molecule has 1 aromatic heterocycles. The molecule has 1 aliphatic rings. The van der Waals surface area contributed by atoms with Gasteiger partial charge in [0.05, 0.1) is 6.61 Å². The van der Waals surface area contributed by atoms with Gasteiger partial charge in [0.25, 0.3) is 0 Å². The minimum absolute atomic E-state index is 0.0854. The van der Waals surface area contributed by atoms with Crippen LogP contribution >= 0.6 is 11.3 Å². The van der Waals surface area contributed by atoms with Crippen molar-refractivity contribution in [2.75, 3.05) is 26.7 Å². The molecule has 1 aliphatic heterocycles. The molecule has 0 saturated carbocycles. The van der Waals surface area contributed by atoms with E-state index in [0.717, 1.165) is 18.7 Å². The zero-order valence-electron chi connectivity index (χ0n) is 9.14. The largest absolute Gasteiger partial charge is 0.386 e. The third-order valence-corrected chi connectivity index (χ3v) is 3.62. The maximum Gasteiger partial charge on any atom is 0.107 e. The summed E-state index contributed by atoms with van der Waals surface area (Å²) in [6.07, 6.45) is -0.574. The molecule has 15 heavy (non-hydrogen) atoms. The number of nitrogens with zero attached hydrogens (tertiary/aromatic N) is 1. The normalized spacial score (nSPS) is 25.4. The van der Waals surface area contributed by atoms with Gasteiger partial charge < -0.3 is 14.7 Å². The number of hydrogen-bond acceptors (Lipinski definition) is 4. The van der Waals surface area contributed by atoms with E-state index in [9.17, 15) is 5.11 Å². The van der Waals surface area contributed by atoms with Crippen LogP contribution in [-0.2, 0) is 4.74 Å². The van der Waals surface area contributed by atoms with Crippen molar-refractivity contribution < 1.29 is 9.84 Å². The van der Waals surface area contributed by atoms with Crippen LogP contribution < -0.4 is 0 Å². The predicted octanol–water partition coefficient (Wildman–Crippen LogP) is 1.42. The molecule has 2 heterocycles. The monoisotopic (exact) mass is 227 g/mol. The van der Waals surface area contributed by atoms with E-state index in [2.05, 4.69) is 18.9 Å². The zero-order chi connectivity index (χ0) is 10.8. The van der Waals surface area contributed by atoms with Crippen LogP contribution in [0.15, 0.2) is 11.4 Å². The Morgan fingerprint density at radius 2 is 2.47 bits per heavy atom. The van der Waals surface area contributed by atoms with Gasteiger partial charge in [0.15, 0.2) is 0 Å². The number of morpholine rings is 1. The molecular weight excluding hydrogens is 210 g/mol. The maximum absolute atomic E-state index is 10.1. The first-order valence-corrected chi connectivity index (χ1v) is 6.08. The lowest BCUT2D eigenvalue weighted by molar-refractivity contribution is -0.0843. The number of hydrogen-bond donors (Lipinski definition) is 1. The van der Waals surface area contributed by atoms with Crippen LogP contribution in [0.1, 0.15) is 16.5 Å². The highest BCUT2D eigenvalue weighted by molar-refractivity contribution is 7.10. The molecule has 0 radical (unpaired) electrons. The van der Waals surface area contributed by atoms with Crippen LogP contribution in [0.5, 0.6) is 0 Å². The quantitative estimate of drug-likeness (QED) is 0.829. The Bertz CT molecular complexity index is 326. The zero-order valence-corrected chi connectivity index (χ0v) is 9.96. The SMILES string of the molecule is Cc1cc(C(O)C2CN(C)CCO2)cs1. The fourth-order valence-electron chi connectivity index (χ4n) is 1.84. The van der Waals surface area contributed by atoms with E-state index < -0.39 is 6.10 Å². The van der Waals surface area contributed by atoms with Crippen LogP contribution in [-0.4, -0.2) is 42.9 Å². The molecule has 2 atom stereocenters. The molecule has 0 aliphatic carbocycles. The molecule has 0 amide bonds. The van der Waals surface area contributed by atoms with E-state index >= 15 is 0 Å². The second-order valence-electron chi connectivity index (χ2n) is 4.11. The smallest absolute Gasteiger partial charge is 0.107 e. The van der Waals surface area contributed by atoms with Crippen molar-refractivity contribution in [3.8, 4) is 0 Å². The summed E-state index contributed by atoms with van der Waals surface area (Å²) < 4.78 is 5.59. The van der Waals surface area contributed by atoms with Crippen molar-refractivity contribution in [3.05, 3.63) is 21.9 Å². The number of aliphatic hydroxyl groups excluding tert-OH is 1. The molecule has 1 aromatic rings. The van der Waals surface area contributed by atoms with Gasteiger partial charge in [-0.15, -0.1) is 11.3 Å². The van der Waals surface area contributed by atoms with E-state index in [4.69, 9.17) is 4.74 Å². The fourth-order valence-corrected chi connectivity index (χ4v) is 2.57. The van der Waals surface area contributed by atoms with Crippen LogP contribution in [0.3, 0.4) is 0 Å². The van der Waals surface area contributed by atoms with Gasteiger partial charge in [0.1, 0.15) is 12.2 Å². The molecule has 4 heteroatoms. The third-order valence-electron chi connectivity index (χ3n) is 2.74. The summed E-state index contributed by atoms with van der Waals surface area (Å²) >= 11 is 1.67. The molecule has 1 fully saturated rings. The Kier molecular flexibility index (Phi) is 3.41. The summed E-state index contributed by atoms with van der Waals surface area (Å²) in [6, 6.07) is 2.04. The van der Waals surface area contributed by atoms with E-state index in [1.807, 2.05) is 11.4 Å². The van der Waals surface area contributed by atoms with Gasteiger partial charge in [-0.2, -0.15) is 0 Å². The van der Waals surface area contributed by atoms with Gasteiger partial charge in [-0.25, -0.2) is 0 Å². The van der Waals surface area contributed by atoms with Gasteiger partial charge in [-0.05, 0) is 31.0 Å². The van der Waals surface area contributed by atoms with Crippen molar-refractivity contribution in [1.82, 2.24) is 4.90 Å². The Morgan fingerprint density at radius 1 is 1.67 bits per heavy atom. The molecular formula is C11H17NO2S. The Balaban J connectivity index is 2.03. The minimum Gasteiger partial charge on any atom is -0.386 e. The van der Waals surface area contributed by atoms with Gasteiger partial charge >= 0.3 is 0 Å². The van der Waals surface area contributed by atoms with Crippen molar-refractivity contribution in [2.45, 2.75) is 19.1 Å². The van der Waals surface area contributed by atoms with E-state index in [1.165, 1.54) is 4.88 Å². The molecule has 2 unspecified atom stereocenters. The van der Waals surface area contributed by atoms with Crippen LogP contribution in [0.4, 0.5) is 0 Å². The molecule has 0 spiro atoms. The summed E-state index contributed by atoms with van der Waals surface area (Å²) in [4.78, 5) is 3.42. The second-order valence-corrected chi connectivity index (χ2v) is 5.22. The number of likely N-dealkylation sites (N-methyl/N-ethyl adjacent to an activating group) is 1. The molecule has 1 saturated heterocycles. The Morgan fingerprint density at radius 3 is 3.07 bits per heavy atom. The minimum atomic E-state index is -0.488. The standard InChI is InChI=1S/C11H17NO2S/c1-8-5-9(7-15-8)11(13)10-6-12(2)3-4-14-10/h5,7,10-11,13H,3-4,6H2,1-2H3. The van der Waals surface area contributed by atoms with Gasteiger partial charge in [-0.1, -0.05) is 0 Å². The first-order valence-electron chi connectivity index (χ1n) is 5.20. The lowest BCUT2D eigenvalue weighted by Crippen LogP contribution is -2.42. The third kappa shape index (κ3) is 2.58. The molecule has 0 aromatic carbocycles. The summed E-state index contributed by atoms with van der Waals surface area (Å²) in [6.45, 7) is 4.51. The van der Waals surface area contributed by atoms with Crippen molar-refractivity contribution in [1.29, 1.82) is 0 Å². The second kappa shape index (κ2) is 4.61. The van der Waals surface area contributed by atoms with Crippen LogP contribution in [0, 0.1) is 6.92 Å². The van der Waals surface area contributed by atoms with Crippen molar-refractivity contribution >= 4 is 11.3 Å². The number of thiophene rings is 1. The lowest BCUT2D eigenvalue weighted by atomic mass is 10.1. The summed E-state index contributed by atoms with van der Waals surface area (Å²) in [7, 11) is 2.06. The van der Waals surface area contributed by atoms with Crippen molar-refractivity contribution in [3.63, 3.8) is 0 Å². The molecule has 84 valence electrons. The Labute approximate surface area is 94.3 Å². The number of ether oxygens (including phenoxy) is 1. The predicted molar refractivity (Wildman–Crippen MR) is 61.3 cm³/mol. The van der Waals surface area contributed by atoms with E-state index in [0.29, 0.717) is 6.61 Å². The van der Waals surface area contributed by atoms with Crippen molar-refractivity contribution in [2.24, 2.45) is 0 Å². The first-order chi connectivity index (χ1) is 7.16. The average molecular weight is 227 g/mol. The lowest BCUT2D eigenvalue weighted by Gasteiger charge is -2.32. The molecule has 0 bridgehead atoms. The van der Waals surface area contributed by atoms with Gasteiger partial charge in [0, 0.05) is 18.0 Å². The van der Waals surface area contributed by atoms with Gasteiger partial charge in [-0.3, -0.25) is 0 Å².